The molecule has 27 heavy (non-hydrogen) atoms. The summed E-state index contributed by atoms with van der Waals surface area (Å²) in [6.07, 6.45) is 0. The van der Waals surface area contributed by atoms with Gasteiger partial charge in [-0.2, -0.15) is 5.11 Å². The summed E-state index contributed by atoms with van der Waals surface area (Å²) in [7, 11) is 0. The number of aromatic hydroxyl groups is 2. The van der Waals surface area contributed by atoms with Crippen molar-refractivity contribution in [3.05, 3.63) is 78.1 Å². The van der Waals surface area contributed by atoms with Gasteiger partial charge in [-0.15, -0.1) is 5.11 Å². The summed E-state index contributed by atoms with van der Waals surface area (Å²) >= 11 is 0. The SMILES string of the molecule is Cc1cccc(-n2c(O)c(N=Nc3ccc(O)cc3)c3ccc(F)cc32)c1. The van der Waals surface area contributed by atoms with Gasteiger partial charge in [0, 0.05) is 11.1 Å². The minimum Gasteiger partial charge on any atom is -0.508 e. The van der Waals surface area contributed by atoms with Crippen LogP contribution < -0.4 is 0 Å². The lowest BCUT2D eigenvalue weighted by Crippen LogP contribution is -1.93. The lowest BCUT2D eigenvalue weighted by atomic mass is 10.2. The van der Waals surface area contributed by atoms with Gasteiger partial charge in [0.1, 0.15) is 11.6 Å². The Hall–Kier alpha value is -3.67. The summed E-state index contributed by atoms with van der Waals surface area (Å²) < 4.78 is 15.4. The van der Waals surface area contributed by atoms with Crippen LogP contribution in [0.15, 0.2) is 77.0 Å². The second kappa shape index (κ2) is 6.57. The molecule has 1 heterocycles. The van der Waals surface area contributed by atoms with Gasteiger partial charge in [0.25, 0.3) is 0 Å². The molecule has 1 aromatic heterocycles. The molecule has 4 rings (SSSR count). The molecule has 134 valence electrons. The highest BCUT2D eigenvalue weighted by atomic mass is 19.1. The van der Waals surface area contributed by atoms with Crippen LogP contribution in [-0.4, -0.2) is 14.8 Å². The smallest absolute Gasteiger partial charge is 0.225 e. The van der Waals surface area contributed by atoms with E-state index >= 15 is 0 Å². The van der Waals surface area contributed by atoms with Crippen LogP contribution in [0.4, 0.5) is 15.8 Å². The van der Waals surface area contributed by atoms with Crippen molar-refractivity contribution in [3.63, 3.8) is 0 Å². The minimum absolute atomic E-state index is 0.122. The predicted molar refractivity (Wildman–Crippen MR) is 102 cm³/mol. The van der Waals surface area contributed by atoms with E-state index in [1.807, 2.05) is 31.2 Å². The Labute approximate surface area is 154 Å². The number of rotatable bonds is 3. The summed E-state index contributed by atoms with van der Waals surface area (Å²) in [6, 6.07) is 18.0. The lowest BCUT2D eigenvalue weighted by Gasteiger charge is -2.07. The molecule has 0 aliphatic rings. The van der Waals surface area contributed by atoms with Crippen LogP contribution in [0.25, 0.3) is 16.6 Å². The van der Waals surface area contributed by atoms with Crippen LogP contribution in [0, 0.1) is 12.7 Å². The van der Waals surface area contributed by atoms with Crippen LogP contribution in [-0.2, 0) is 0 Å². The molecule has 0 spiro atoms. The second-order valence-electron chi connectivity index (χ2n) is 6.22. The third-order valence-corrected chi connectivity index (χ3v) is 4.25. The minimum atomic E-state index is -0.407. The summed E-state index contributed by atoms with van der Waals surface area (Å²) in [4.78, 5) is 0. The first-order valence-corrected chi connectivity index (χ1v) is 8.33. The van der Waals surface area contributed by atoms with E-state index < -0.39 is 5.82 Å². The Morgan fingerprint density at radius 2 is 1.67 bits per heavy atom. The number of fused-ring (bicyclic) bond motifs is 1. The van der Waals surface area contributed by atoms with E-state index in [2.05, 4.69) is 10.2 Å². The molecule has 0 aliphatic heterocycles. The highest BCUT2D eigenvalue weighted by Crippen LogP contribution is 2.41. The number of nitrogens with zero attached hydrogens (tertiary/aromatic N) is 3. The second-order valence-corrected chi connectivity index (χ2v) is 6.22. The fourth-order valence-corrected chi connectivity index (χ4v) is 2.98. The molecule has 6 heteroatoms. The predicted octanol–water partition coefficient (Wildman–Crippen LogP) is 5.90. The van der Waals surface area contributed by atoms with Gasteiger partial charge in [-0.1, -0.05) is 12.1 Å². The third-order valence-electron chi connectivity index (χ3n) is 4.25. The molecular weight excluding hydrogens is 345 g/mol. The summed E-state index contributed by atoms with van der Waals surface area (Å²) in [5.41, 5.74) is 2.98. The van der Waals surface area contributed by atoms with Crippen molar-refractivity contribution in [2.45, 2.75) is 6.92 Å². The largest absolute Gasteiger partial charge is 0.508 e. The Kier molecular flexibility index (Phi) is 4.08. The Morgan fingerprint density at radius 1 is 0.889 bits per heavy atom. The van der Waals surface area contributed by atoms with Crippen molar-refractivity contribution in [2.24, 2.45) is 10.2 Å². The molecular formula is C21H16FN3O2. The van der Waals surface area contributed by atoms with Gasteiger partial charge in [-0.05, 0) is 67.1 Å². The maximum absolute atomic E-state index is 13.9. The number of halogens is 1. The zero-order valence-corrected chi connectivity index (χ0v) is 14.5. The van der Waals surface area contributed by atoms with E-state index in [4.69, 9.17) is 0 Å². The van der Waals surface area contributed by atoms with Crippen molar-refractivity contribution < 1.29 is 14.6 Å². The molecule has 0 radical (unpaired) electrons. The van der Waals surface area contributed by atoms with Crippen molar-refractivity contribution in [2.75, 3.05) is 0 Å². The normalized spacial score (nSPS) is 11.5. The Bertz CT molecular complexity index is 1160. The van der Waals surface area contributed by atoms with E-state index in [1.165, 1.54) is 24.3 Å². The van der Waals surface area contributed by atoms with Crippen molar-refractivity contribution in [1.82, 2.24) is 4.57 Å². The molecule has 0 bridgehead atoms. The van der Waals surface area contributed by atoms with E-state index in [1.54, 1.807) is 22.8 Å². The molecule has 0 amide bonds. The van der Waals surface area contributed by atoms with E-state index in [-0.39, 0.29) is 17.3 Å². The molecule has 0 unspecified atom stereocenters. The molecule has 4 aromatic rings. The molecule has 0 saturated carbocycles. The van der Waals surface area contributed by atoms with Gasteiger partial charge >= 0.3 is 0 Å². The number of aryl methyl sites for hydroxylation is 1. The quantitative estimate of drug-likeness (QED) is 0.446. The monoisotopic (exact) mass is 361 g/mol. The van der Waals surface area contributed by atoms with E-state index in [0.29, 0.717) is 22.3 Å². The van der Waals surface area contributed by atoms with Gasteiger partial charge in [-0.3, -0.25) is 4.57 Å². The maximum atomic E-state index is 13.9. The summed E-state index contributed by atoms with van der Waals surface area (Å²) in [5, 5.41) is 29.1. The number of hydrogen-bond acceptors (Lipinski definition) is 4. The number of phenolic OH excluding ortho intramolecular Hbond substituents is 1. The van der Waals surface area contributed by atoms with Crippen LogP contribution >= 0.6 is 0 Å². The molecule has 0 atom stereocenters. The van der Waals surface area contributed by atoms with Crippen molar-refractivity contribution in [3.8, 4) is 17.3 Å². The molecule has 3 aromatic carbocycles. The molecule has 2 N–H and O–H groups in total. The lowest BCUT2D eigenvalue weighted by molar-refractivity contribution is 0.446. The van der Waals surface area contributed by atoms with Crippen molar-refractivity contribution in [1.29, 1.82) is 0 Å². The van der Waals surface area contributed by atoms with Gasteiger partial charge in [-0.25, -0.2) is 4.39 Å². The molecule has 0 fully saturated rings. The Balaban J connectivity index is 1.91. The van der Waals surface area contributed by atoms with Gasteiger partial charge < -0.3 is 10.2 Å². The first kappa shape index (κ1) is 16.8. The molecule has 0 saturated heterocycles. The number of azo groups is 1. The van der Waals surface area contributed by atoms with E-state index in [0.717, 1.165) is 5.56 Å². The van der Waals surface area contributed by atoms with Crippen LogP contribution in [0.2, 0.25) is 0 Å². The van der Waals surface area contributed by atoms with Gasteiger partial charge in [0.05, 0.1) is 11.2 Å². The maximum Gasteiger partial charge on any atom is 0.225 e. The average Bonchev–Trinajstić information content (AvgIpc) is 2.92. The first-order chi connectivity index (χ1) is 13.0. The fraction of sp³-hybridized carbons (Fsp3) is 0.0476. The summed E-state index contributed by atoms with van der Waals surface area (Å²) in [6.45, 7) is 1.94. The highest BCUT2D eigenvalue weighted by Gasteiger charge is 2.18. The average molecular weight is 361 g/mol. The van der Waals surface area contributed by atoms with Crippen LogP contribution in [0.5, 0.6) is 11.6 Å². The fourth-order valence-electron chi connectivity index (χ4n) is 2.98. The summed E-state index contributed by atoms with van der Waals surface area (Å²) in [5.74, 6) is -0.400. The molecule has 5 nitrogen and oxygen atoms in total. The van der Waals surface area contributed by atoms with Crippen LogP contribution in [0.1, 0.15) is 5.56 Å². The van der Waals surface area contributed by atoms with Crippen molar-refractivity contribution >= 4 is 22.3 Å². The standard InChI is InChI=1S/C21H16FN3O2/c1-13-3-2-4-16(11-13)25-19-12-14(22)5-10-18(19)20(21(25)27)24-23-15-6-8-17(26)9-7-15/h2-12,26-27H,1H3. The number of aromatic nitrogens is 1. The van der Waals surface area contributed by atoms with Crippen LogP contribution in [0.3, 0.4) is 0 Å². The zero-order chi connectivity index (χ0) is 19.0. The first-order valence-electron chi connectivity index (χ1n) is 8.33. The number of hydrogen-bond donors (Lipinski definition) is 2. The van der Waals surface area contributed by atoms with Gasteiger partial charge in [0.2, 0.25) is 5.88 Å². The zero-order valence-electron chi connectivity index (χ0n) is 14.5. The highest BCUT2D eigenvalue weighted by molar-refractivity contribution is 5.96. The number of phenols is 1. The van der Waals surface area contributed by atoms with Gasteiger partial charge in [0.15, 0.2) is 5.69 Å². The topological polar surface area (TPSA) is 70.1 Å². The third kappa shape index (κ3) is 3.13. The Morgan fingerprint density at radius 3 is 2.41 bits per heavy atom. The molecule has 0 aliphatic carbocycles. The van der Waals surface area contributed by atoms with E-state index in [9.17, 15) is 14.6 Å². The number of benzene rings is 3.